The van der Waals surface area contributed by atoms with Crippen LogP contribution < -0.4 is 5.73 Å². The fourth-order valence-corrected chi connectivity index (χ4v) is 2.40. The molecule has 1 aliphatic carbocycles. The Labute approximate surface area is 102 Å². The van der Waals surface area contributed by atoms with Gasteiger partial charge in [-0.15, -0.1) is 0 Å². The summed E-state index contributed by atoms with van der Waals surface area (Å²) in [6, 6.07) is 8.40. The highest BCUT2D eigenvalue weighted by molar-refractivity contribution is 5.80. The Balaban J connectivity index is 2.11. The van der Waals surface area contributed by atoms with E-state index in [1.165, 1.54) is 11.1 Å². The van der Waals surface area contributed by atoms with Crippen LogP contribution in [-0.4, -0.2) is 16.6 Å². The molecule has 0 radical (unpaired) electrons. The summed E-state index contributed by atoms with van der Waals surface area (Å²) >= 11 is 0. The molecular formula is C14H19NO2. The predicted octanol–water partition coefficient (Wildman–Crippen LogP) is 2.47. The highest BCUT2D eigenvalue weighted by Gasteiger charge is 2.47. The third-order valence-corrected chi connectivity index (χ3v) is 3.70. The minimum atomic E-state index is -1.00. The normalized spacial score (nSPS) is 27.9. The Kier molecular flexibility index (Phi) is 2.96. The third kappa shape index (κ3) is 2.20. The summed E-state index contributed by atoms with van der Waals surface area (Å²) < 4.78 is 0. The van der Waals surface area contributed by atoms with Gasteiger partial charge in [0, 0.05) is 0 Å². The van der Waals surface area contributed by atoms with Crippen LogP contribution in [0.25, 0.3) is 0 Å². The van der Waals surface area contributed by atoms with Gasteiger partial charge < -0.3 is 10.8 Å². The van der Waals surface area contributed by atoms with Crippen molar-refractivity contribution in [2.45, 2.75) is 44.1 Å². The van der Waals surface area contributed by atoms with Gasteiger partial charge in [0.15, 0.2) is 0 Å². The molecule has 3 N–H and O–H groups in total. The summed E-state index contributed by atoms with van der Waals surface area (Å²) in [5.41, 5.74) is 7.29. The van der Waals surface area contributed by atoms with E-state index in [1.807, 2.05) is 6.07 Å². The Hall–Kier alpha value is -1.35. The van der Waals surface area contributed by atoms with Gasteiger partial charge in [0.25, 0.3) is 0 Å². The predicted molar refractivity (Wildman–Crippen MR) is 67.1 cm³/mol. The van der Waals surface area contributed by atoms with Gasteiger partial charge in [-0.05, 0) is 35.8 Å². The standard InChI is InChI=1S/C14H19NO2/c1-9(2)10-4-3-5-11(6-10)12-7-14(15,8-12)13(16)17/h3-6,9,12H,7-8,15H2,1-2H3,(H,16,17). The zero-order valence-corrected chi connectivity index (χ0v) is 10.3. The SMILES string of the molecule is CC(C)c1cccc(C2CC(N)(C(=O)O)C2)c1. The van der Waals surface area contributed by atoms with Crippen molar-refractivity contribution in [1.82, 2.24) is 0 Å². The Morgan fingerprint density at radius 3 is 2.65 bits per heavy atom. The maximum atomic E-state index is 10.9. The topological polar surface area (TPSA) is 63.3 Å². The molecule has 3 nitrogen and oxygen atoms in total. The molecule has 0 atom stereocenters. The summed E-state index contributed by atoms with van der Waals surface area (Å²) in [4.78, 5) is 10.9. The lowest BCUT2D eigenvalue weighted by Gasteiger charge is -2.41. The van der Waals surface area contributed by atoms with Gasteiger partial charge in [-0.25, -0.2) is 0 Å². The number of nitrogens with two attached hydrogens (primary N) is 1. The molecule has 0 bridgehead atoms. The molecular weight excluding hydrogens is 214 g/mol. The lowest BCUT2D eigenvalue weighted by molar-refractivity contribution is -0.147. The number of hydrogen-bond donors (Lipinski definition) is 2. The van der Waals surface area contributed by atoms with E-state index in [0.29, 0.717) is 24.7 Å². The van der Waals surface area contributed by atoms with Gasteiger partial charge in [-0.3, -0.25) is 4.79 Å². The monoisotopic (exact) mass is 233 g/mol. The van der Waals surface area contributed by atoms with Crippen molar-refractivity contribution < 1.29 is 9.90 Å². The fourth-order valence-electron chi connectivity index (χ4n) is 2.40. The van der Waals surface area contributed by atoms with Crippen LogP contribution in [0.3, 0.4) is 0 Å². The first-order chi connectivity index (χ1) is 7.92. The summed E-state index contributed by atoms with van der Waals surface area (Å²) in [6.07, 6.45) is 1.09. The van der Waals surface area contributed by atoms with Gasteiger partial charge in [0.1, 0.15) is 5.54 Å². The van der Waals surface area contributed by atoms with Gasteiger partial charge in [0.05, 0.1) is 0 Å². The van der Waals surface area contributed by atoms with Crippen LogP contribution in [0.15, 0.2) is 24.3 Å². The van der Waals surface area contributed by atoms with Crippen LogP contribution in [0.1, 0.15) is 49.7 Å². The number of aliphatic carboxylic acids is 1. The molecule has 0 amide bonds. The maximum absolute atomic E-state index is 10.9. The average molecular weight is 233 g/mol. The molecule has 3 heteroatoms. The van der Waals surface area contributed by atoms with E-state index in [4.69, 9.17) is 10.8 Å². The number of hydrogen-bond acceptors (Lipinski definition) is 2. The minimum Gasteiger partial charge on any atom is -0.480 e. The molecule has 0 aliphatic heterocycles. The van der Waals surface area contributed by atoms with Gasteiger partial charge in [0.2, 0.25) is 0 Å². The maximum Gasteiger partial charge on any atom is 0.323 e. The number of carboxylic acids is 1. The molecule has 1 saturated carbocycles. The van der Waals surface area contributed by atoms with E-state index in [0.717, 1.165) is 0 Å². The highest BCUT2D eigenvalue weighted by Crippen LogP contribution is 2.43. The molecule has 17 heavy (non-hydrogen) atoms. The zero-order chi connectivity index (χ0) is 12.6. The smallest absolute Gasteiger partial charge is 0.323 e. The van der Waals surface area contributed by atoms with Crippen molar-refractivity contribution in [1.29, 1.82) is 0 Å². The first-order valence-electron chi connectivity index (χ1n) is 6.04. The van der Waals surface area contributed by atoms with Crippen LogP contribution in [-0.2, 0) is 4.79 Å². The molecule has 0 heterocycles. The van der Waals surface area contributed by atoms with Crippen LogP contribution in [0.2, 0.25) is 0 Å². The van der Waals surface area contributed by atoms with Crippen molar-refractivity contribution in [3.8, 4) is 0 Å². The van der Waals surface area contributed by atoms with E-state index in [-0.39, 0.29) is 0 Å². The van der Waals surface area contributed by atoms with E-state index < -0.39 is 11.5 Å². The second-order valence-electron chi connectivity index (χ2n) is 5.39. The Morgan fingerprint density at radius 1 is 1.47 bits per heavy atom. The second-order valence-corrected chi connectivity index (χ2v) is 5.39. The summed E-state index contributed by atoms with van der Waals surface area (Å²) in [6.45, 7) is 4.31. The Bertz CT molecular complexity index is 434. The number of carbonyl (C=O) groups is 1. The molecule has 1 fully saturated rings. The van der Waals surface area contributed by atoms with E-state index in [2.05, 4.69) is 32.0 Å². The number of carboxylic acid groups (broad SMARTS) is 1. The largest absolute Gasteiger partial charge is 0.480 e. The van der Waals surface area contributed by atoms with E-state index in [9.17, 15) is 4.79 Å². The lowest BCUT2D eigenvalue weighted by Crippen LogP contribution is -2.56. The second kappa shape index (κ2) is 4.15. The average Bonchev–Trinajstić information content (AvgIpc) is 2.24. The molecule has 0 spiro atoms. The van der Waals surface area contributed by atoms with Crippen molar-refractivity contribution in [2.24, 2.45) is 5.73 Å². The molecule has 1 aliphatic rings. The fraction of sp³-hybridized carbons (Fsp3) is 0.500. The first-order valence-corrected chi connectivity index (χ1v) is 6.04. The van der Waals surface area contributed by atoms with E-state index >= 15 is 0 Å². The molecule has 1 aromatic carbocycles. The molecule has 2 rings (SSSR count). The summed E-state index contributed by atoms with van der Waals surface area (Å²) in [7, 11) is 0. The minimum absolute atomic E-state index is 0.301. The first kappa shape index (κ1) is 12.1. The van der Waals surface area contributed by atoms with Gasteiger partial charge >= 0.3 is 5.97 Å². The van der Waals surface area contributed by atoms with Crippen LogP contribution in [0.4, 0.5) is 0 Å². The van der Waals surface area contributed by atoms with Gasteiger partial charge in [-0.2, -0.15) is 0 Å². The van der Waals surface area contributed by atoms with Crippen molar-refractivity contribution in [3.63, 3.8) is 0 Å². The number of rotatable bonds is 3. The van der Waals surface area contributed by atoms with Crippen LogP contribution in [0.5, 0.6) is 0 Å². The van der Waals surface area contributed by atoms with Crippen molar-refractivity contribution in [3.05, 3.63) is 35.4 Å². The van der Waals surface area contributed by atoms with Crippen molar-refractivity contribution in [2.75, 3.05) is 0 Å². The quantitative estimate of drug-likeness (QED) is 0.843. The van der Waals surface area contributed by atoms with Gasteiger partial charge in [-0.1, -0.05) is 38.1 Å². The third-order valence-electron chi connectivity index (χ3n) is 3.70. The molecule has 1 aromatic rings. The highest BCUT2D eigenvalue weighted by atomic mass is 16.4. The number of benzene rings is 1. The molecule has 0 aromatic heterocycles. The van der Waals surface area contributed by atoms with Crippen LogP contribution in [0, 0.1) is 0 Å². The lowest BCUT2D eigenvalue weighted by atomic mass is 9.66. The molecule has 0 saturated heterocycles. The summed E-state index contributed by atoms with van der Waals surface area (Å²) in [5.74, 6) is -0.0827. The molecule has 92 valence electrons. The zero-order valence-electron chi connectivity index (χ0n) is 10.3. The molecule has 0 unspecified atom stereocenters. The van der Waals surface area contributed by atoms with Crippen LogP contribution >= 0.6 is 0 Å². The summed E-state index contributed by atoms with van der Waals surface area (Å²) in [5, 5.41) is 8.98. The van der Waals surface area contributed by atoms with E-state index in [1.54, 1.807) is 0 Å². The van der Waals surface area contributed by atoms with Crippen molar-refractivity contribution >= 4 is 5.97 Å². The Morgan fingerprint density at radius 2 is 2.12 bits per heavy atom.